The van der Waals surface area contributed by atoms with Crippen molar-refractivity contribution < 1.29 is 9.59 Å². The summed E-state index contributed by atoms with van der Waals surface area (Å²) in [6.07, 6.45) is 1.71. The molecule has 0 spiro atoms. The Morgan fingerprint density at radius 2 is 1.72 bits per heavy atom. The van der Waals surface area contributed by atoms with E-state index in [0.717, 1.165) is 32.0 Å². The molecular weight excluding hydrogens is 454 g/mol. The minimum Gasteiger partial charge on any atom is -0.318 e. The number of benzene rings is 2. The van der Waals surface area contributed by atoms with Crippen LogP contribution in [0.1, 0.15) is 17.0 Å². The van der Waals surface area contributed by atoms with Gasteiger partial charge in [0.15, 0.2) is 0 Å². The Morgan fingerprint density at radius 1 is 1.00 bits per heavy atom. The zero-order valence-corrected chi connectivity index (χ0v) is 18.1. The van der Waals surface area contributed by atoms with Crippen molar-refractivity contribution in [2.24, 2.45) is 0 Å². The van der Waals surface area contributed by atoms with Gasteiger partial charge in [0.05, 0.1) is 5.69 Å². The third-order valence-corrected chi connectivity index (χ3v) is 5.51. The fourth-order valence-corrected chi connectivity index (χ4v) is 4.06. The number of hydrogen-bond donors (Lipinski definition) is 1. The van der Waals surface area contributed by atoms with Gasteiger partial charge in [0.25, 0.3) is 5.91 Å². The molecule has 29 heavy (non-hydrogen) atoms. The second kappa shape index (κ2) is 7.54. The van der Waals surface area contributed by atoms with Gasteiger partial charge in [-0.05, 0) is 68.0 Å². The number of carbonyl (C=O) groups excluding carboxylic acids is 2. The van der Waals surface area contributed by atoms with Crippen LogP contribution in [0.3, 0.4) is 0 Å². The first-order chi connectivity index (χ1) is 13.8. The number of halogens is 2. The van der Waals surface area contributed by atoms with E-state index in [4.69, 9.17) is 11.6 Å². The average molecular weight is 471 g/mol. The Balaban J connectivity index is 1.71. The number of urea groups is 1. The summed E-state index contributed by atoms with van der Waals surface area (Å²) >= 11 is 9.51. The zero-order chi connectivity index (χ0) is 20.7. The van der Waals surface area contributed by atoms with Crippen LogP contribution in [0.25, 0.3) is 11.8 Å². The lowest BCUT2D eigenvalue weighted by Crippen LogP contribution is -2.30. The lowest BCUT2D eigenvalue weighted by atomic mass is 10.2. The first kappa shape index (κ1) is 19.5. The summed E-state index contributed by atoms with van der Waals surface area (Å²) in [7, 11) is 0. The Kier molecular flexibility index (Phi) is 5.06. The van der Waals surface area contributed by atoms with Crippen molar-refractivity contribution >= 4 is 51.2 Å². The highest BCUT2D eigenvalue weighted by atomic mass is 79.9. The molecule has 0 unspecified atom stereocenters. The summed E-state index contributed by atoms with van der Waals surface area (Å²) in [6, 6.07) is 16.1. The maximum Gasteiger partial charge on any atom is 0.333 e. The van der Waals surface area contributed by atoms with Crippen molar-refractivity contribution in [2.75, 3.05) is 4.90 Å². The molecule has 1 aliphatic heterocycles. The van der Waals surface area contributed by atoms with E-state index in [9.17, 15) is 9.59 Å². The van der Waals surface area contributed by atoms with Crippen LogP contribution in [0.5, 0.6) is 0 Å². The van der Waals surface area contributed by atoms with Crippen LogP contribution >= 0.6 is 27.5 Å². The topological polar surface area (TPSA) is 54.3 Å². The highest BCUT2D eigenvalue weighted by Gasteiger charge is 2.35. The molecule has 7 heteroatoms. The summed E-state index contributed by atoms with van der Waals surface area (Å²) in [5.74, 6) is -0.412. The molecule has 4 rings (SSSR count). The number of anilines is 1. The highest BCUT2D eigenvalue weighted by molar-refractivity contribution is 9.10. The van der Waals surface area contributed by atoms with E-state index >= 15 is 0 Å². The fraction of sp³-hybridized carbons (Fsp3) is 0.0909. The van der Waals surface area contributed by atoms with E-state index in [1.165, 1.54) is 0 Å². The molecule has 146 valence electrons. The van der Waals surface area contributed by atoms with Crippen LogP contribution in [0, 0.1) is 13.8 Å². The third kappa shape index (κ3) is 3.61. The lowest BCUT2D eigenvalue weighted by Gasteiger charge is -2.11. The number of amides is 3. The van der Waals surface area contributed by atoms with Crippen LogP contribution in [0.2, 0.25) is 5.02 Å². The molecule has 1 fully saturated rings. The highest BCUT2D eigenvalue weighted by Crippen LogP contribution is 2.28. The van der Waals surface area contributed by atoms with Crippen LogP contribution in [-0.4, -0.2) is 16.5 Å². The minimum atomic E-state index is -0.496. The standard InChI is InChI=1S/C22H17BrClN3O2/c1-13-9-15(14(2)26(13)18-7-3-5-16(23)11-18)10-20-21(28)27(22(29)25-20)19-8-4-6-17(24)12-19/h3-12H,1-2H3,(H,25,29)/b20-10+. The lowest BCUT2D eigenvalue weighted by molar-refractivity contribution is -0.113. The van der Waals surface area contributed by atoms with Crippen molar-refractivity contribution in [1.29, 1.82) is 0 Å². The summed E-state index contributed by atoms with van der Waals surface area (Å²) in [6.45, 7) is 3.99. The van der Waals surface area contributed by atoms with Crippen LogP contribution in [0.4, 0.5) is 10.5 Å². The summed E-state index contributed by atoms with van der Waals surface area (Å²) in [4.78, 5) is 26.4. The molecule has 3 amide bonds. The molecule has 2 aromatic carbocycles. The van der Waals surface area contributed by atoms with Crippen molar-refractivity contribution in [2.45, 2.75) is 13.8 Å². The molecule has 1 saturated heterocycles. The molecular formula is C22H17BrClN3O2. The third-order valence-electron chi connectivity index (χ3n) is 4.78. The number of hydrogen-bond acceptors (Lipinski definition) is 2. The van der Waals surface area contributed by atoms with Crippen molar-refractivity contribution in [3.05, 3.63) is 86.7 Å². The van der Waals surface area contributed by atoms with Gasteiger partial charge in [0.2, 0.25) is 0 Å². The number of imide groups is 1. The maximum absolute atomic E-state index is 12.9. The fourth-order valence-electron chi connectivity index (χ4n) is 3.49. The first-order valence-corrected chi connectivity index (χ1v) is 10.1. The number of rotatable bonds is 3. The van der Waals surface area contributed by atoms with Crippen molar-refractivity contribution in [3.63, 3.8) is 0 Å². The number of carbonyl (C=O) groups is 2. The SMILES string of the molecule is Cc1cc(/C=C2/NC(=O)N(c3cccc(Cl)c3)C2=O)c(C)n1-c1cccc(Br)c1. The smallest absolute Gasteiger partial charge is 0.318 e. The van der Waals surface area contributed by atoms with Gasteiger partial charge in [-0.2, -0.15) is 0 Å². The molecule has 0 saturated carbocycles. The summed E-state index contributed by atoms with van der Waals surface area (Å²) in [5, 5.41) is 3.12. The van der Waals surface area contributed by atoms with E-state index in [2.05, 4.69) is 25.8 Å². The Morgan fingerprint density at radius 3 is 2.45 bits per heavy atom. The minimum absolute atomic E-state index is 0.226. The second-order valence-corrected chi connectivity index (χ2v) is 8.10. The van der Waals surface area contributed by atoms with Gasteiger partial charge in [0, 0.05) is 26.6 Å². The van der Waals surface area contributed by atoms with Crippen LogP contribution in [0.15, 0.2) is 64.8 Å². The Bertz CT molecular complexity index is 1180. The average Bonchev–Trinajstić information content (AvgIpc) is 3.10. The number of aromatic nitrogens is 1. The molecule has 3 aromatic rings. The van der Waals surface area contributed by atoms with Gasteiger partial charge < -0.3 is 9.88 Å². The number of aryl methyl sites for hydroxylation is 1. The van der Waals surface area contributed by atoms with Gasteiger partial charge in [0.1, 0.15) is 5.70 Å². The van der Waals surface area contributed by atoms with E-state index in [0.29, 0.717) is 10.7 Å². The quantitative estimate of drug-likeness (QED) is 0.400. The molecule has 5 nitrogen and oxygen atoms in total. The molecule has 0 bridgehead atoms. The zero-order valence-electron chi connectivity index (χ0n) is 15.7. The number of nitrogens with one attached hydrogen (secondary N) is 1. The summed E-state index contributed by atoms with van der Waals surface area (Å²) in [5.41, 5.74) is 4.53. The molecule has 1 N–H and O–H groups in total. The molecule has 1 aromatic heterocycles. The molecule has 0 atom stereocenters. The Labute approximate surface area is 181 Å². The largest absolute Gasteiger partial charge is 0.333 e. The van der Waals surface area contributed by atoms with E-state index < -0.39 is 11.9 Å². The van der Waals surface area contributed by atoms with E-state index in [-0.39, 0.29) is 5.70 Å². The van der Waals surface area contributed by atoms with Crippen molar-refractivity contribution in [1.82, 2.24) is 9.88 Å². The van der Waals surface area contributed by atoms with E-state index in [1.807, 2.05) is 44.2 Å². The van der Waals surface area contributed by atoms with Gasteiger partial charge in [-0.15, -0.1) is 0 Å². The van der Waals surface area contributed by atoms with Gasteiger partial charge in [-0.3, -0.25) is 4.79 Å². The maximum atomic E-state index is 12.9. The predicted molar refractivity (Wildman–Crippen MR) is 118 cm³/mol. The van der Waals surface area contributed by atoms with E-state index in [1.54, 1.807) is 30.3 Å². The predicted octanol–water partition coefficient (Wildman–Crippen LogP) is 5.61. The van der Waals surface area contributed by atoms with Crippen LogP contribution < -0.4 is 10.2 Å². The first-order valence-electron chi connectivity index (χ1n) is 8.93. The molecule has 1 aliphatic rings. The van der Waals surface area contributed by atoms with Crippen molar-refractivity contribution in [3.8, 4) is 5.69 Å². The monoisotopic (exact) mass is 469 g/mol. The normalized spacial score (nSPS) is 15.3. The molecule has 0 aliphatic carbocycles. The molecule has 2 heterocycles. The number of nitrogens with zero attached hydrogens (tertiary/aromatic N) is 2. The molecule has 0 radical (unpaired) electrons. The summed E-state index contributed by atoms with van der Waals surface area (Å²) < 4.78 is 3.09. The van der Waals surface area contributed by atoms with Gasteiger partial charge in [-0.25, -0.2) is 9.69 Å². The van der Waals surface area contributed by atoms with Crippen LogP contribution in [-0.2, 0) is 4.79 Å². The van der Waals surface area contributed by atoms with Gasteiger partial charge >= 0.3 is 6.03 Å². The Hall–Kier alpha value is -2.83. The second-order valence-electron chi connectivity index (χ2n) is 6.75. The van der Waals surface area contributed by atoms with Gasteiger partial charge in [-0.1, -0.05) is 39.7 Å².